The Morgan fingerprint density at radius 2 is 2.00 bits per heavy atom. The number of hydrogen-bond acceptors (Lipinski definition) is 3. The second-order valence-corrected chi connectivity index (χ2v) is 8.61. The molecule has 1 unspecified atom stereocenters. The number of fused-ring (bicyclic) bond motifs is 1. The van der Waals surface area contributed by atoms with Gasteiger partial charge in [0.05, 0.1) is 6.10 Å². The number of aryl methyl sites for hydroxylation is 1. The van der Waals surface area contributed by atoms with E-state index in [1.165, 1.54) is 49.9 Å². The van der Waals surface area contributed by atoms with Gasteiger partial charge in [0, 0.05) is 44.9 Å². The van der Waals surface area contributed by atoms with Gasteiger partial charge >= 0.3 is 0 Å². The minimum absolute atomic E-state index is 0.265. The van der Waals surface area contributed by atoms with E-state index in [1.54, 1.807) is 0 Å². The SMILES string of the molecule is CCNC(=NCCCOC1CCCc2ccccc21)NC1CCN(C(C)C)CC1. The number of hydrogen-bond donors (Lipinski definition) is 2. The third kappa shape index (κ3) is 6.71. The summed E-state index contributed by atoms with van der Waals surface area (Å²) in [7, 11) is 0. The van der Waals surface area contributed by atoms with Crippen molar-refractivity contribution in [2.75, 3.05) is 32.8 Å². The Balaban J connectivity index is 1.40. The lowest BCUT2D eigenvalue weighted by Crippen LogP contribution is -2.49. The van der Waals surface area contributed by atoms with Crippen LogP contribution in [-0.2, 0) is 11.2 Å². The largest absolute Gasteiger partial charge is 0.373 e. The van der Waals surface area contributed by atoms with E-state index in [0.717, 1.165) is 38.5 Å². The number of rotatable bonds is 8. The fourth-order valence-corrected chi connectivity index (χ4v) is 4.44. The van der Waals surface area contributed by atoms with Crippen molar-refractivity contribution in [3.63, 3.8) is 0 Å². The minimum Gasteiger partial charge on any atom is -0.373 e. The van der Waals surface area contributed by atoms with Crippen molar-refractivity contribution in [1.29, 1.82) is 0 Å². The number of ether oxygens (including phenoxy) is 1. The first-order chi connectivity index (χ1) is 14.2. The Hall–Kier alpha value is -1.59. The maximum absolute atomic E-state index is 6.22. The molecule has 1 atom stereocenters. The topological polar surface area (TPSA) is 48.9 Å². The summed E-state index contributed by atoms with van der Waals surface area (Å²) < 4.78 is 6.22. The number of likely N-dealkylation sites (tertiary alicyclic amines) is 1. The standard InChI is InChI=1S/C24H40N4O/c1-4-25-24(27-21-13-16-28(17-14-21)19(2)3)26-15-8-18-29-23-12-7-10-20-9-5-6-11-22(20)23/h5-6,9,11,19,21,23H,4,7-8,10,12-18H2,1-3H3,(H2,25,26,27). The van der Waals surface area contributed by atoms with Gasteiger partial charge in [0.2, 0.25) is 0 Å². The van der Waals surface area contributed by atoms with Crippen LogP contribution in [-0.4, -0.2) is 55.7 Å². The molecule has 1 heterocycles. The molecule has 5 heteroatoms. The van der Waals surface area contributed by atoms with Crippen molar-refractivity contribution in [1.82, 2.24) is 15.5 Å². The number of aliphatic imine (C=N–C) groups is 1. The molecule has 1 aromatic carbocycles. The number of nitrogens with zero attached hydrogens (tertiary/aromatic N) is 2. The zero-order valence-corrected chi connectivity index (χ0v) is 18.6. The minimum atomic E-state index is 0.265. The summed E-state index contributed by atoms with van der Waals surface area (Å²) >= 11 is 0. The molecule has 1 fully saturated rings. The van der Waals surface area contributed by atoms with Crippen LogP contribution >= 0.6 is 0 Å². The summed E-state index contributed by atoms with van der Waals surface area (Å²) in [4.78, 5) is 7.35. The van der Waals surface area contributed by atoms with Crippen molar-refractivity contribution in [3.05, 3.63) is 35.4 Å². The van der Waals surface area contributed by atoms with Crippen molar-refractivity contribution in [3.8, 4) is 0 Å². The van der Waals surface area contributed by atoms with Gasteiger partial charge in [-0.2, -0.15) is 0 Å². The van der Waals surface area contributed by atoms with Crippen molar-refractivity contribution in [2.45, 2.75) is 77.5 Å². The van der Waals surface area contributed by atoms with Gasteiger partial charge in [-0.05, 0) is 70.4 Å². The number of guanidine groups is 1. The quantitative estimate of drug-likeness (QED) is 0.395. The van der Waals surface area contributed by atoms with Gasteiger partial charge in [-0.1, -0.05) is 24.3 Å². The lowest BCUT2D eigenvalue weighted by molar-refractivity contribution is 0.0402. The third-order valence-corrected chi connectivity index (χ3v) is 6.15. The number of piperidine rings is 1. The molecular weight excluding hydrogens is 360 g/mol. The van der Waals surface area contributed by atoms with Gasteiger partial charge in [0.15, 0.2) is 5.96 Å². The van der Waals surface area contributed by atoms with Gasteiger partial charge in [-0.25, -0.2) is 0 Å². The van der Waals surface area contributed by atoms with E-state index in [4.69, 9.17) is 9.73 Å². The van der Waals surface area contributed by atoms with Crippen LogP contribution in [0.3, 0.4) is 0 Å². The van der Waals surface area contributed by atoms with E-state index in [9.17, 15) is 0 Å². The Labute approximate surface area is 177 Å². The summed E-state index contributed by atoms with van der Waals surface area (Å²) in [6.45, 7) is 11.5. The van der Waals surface area contributed by atoms with Crippen LogP contribution in [0.4, 0.5) is 0 Å². The smallest absolute Gasteiger partial charge is 0.191 e. The van der Waals surface area contributed by atoms with E-state index in [2.05, 4.69) is 60.6 Å². The van der Waals surface area contributed by atoms with E-state index in [1.807, 2.05) is 0 Å². The maximum Gasteiger partial charge on any atom is 0.191 e. The highest BCUT2D eigenvalue weighted by Crippen LogP contribution is 2.32. The Morgan fingerprint density at radius 3 is 2.76 bits per heavy atom. The first kappa shape index (κ1) is 22.1. The molecule has 1 saturated heterocycles. The highest BCUT2D eigenvalue weighted by Gasteiger charge is 2.22. The average molecular weight is 401 g/mol. The van der Waals surface area contributed by atoms with E-state index in [-0.39, 0.29) is 6.10 Å². The van der Waals surface area contributed by atoms with Crippen molar-refractivity contribution in [2.24, 2.45) is 4.99 Å². The second-order valence-electron chi connectivity index (χ2n) is 8.61. The van der Waals surface area contributed by atoms with E-state index < -0.39 is 0 Å². The molecule has 2 N–H and O–H groups in total. The Bertz CT molecular complexity index is 638. The fourth-order valence-electron chi connectivity index (χ4n) is 4.44. The summed E-state index contributed by atoms with van der Waals surface area (Å²) in [5.74, 6) is 0.957. The molecule has 29 heavy (non-hydrogen) atoms. The summed E-state index contributed by atoms with van der Waals surface area (Å²) in [6.07, 6.45) is 7.15. The fraction of sp³-hybridized carbons (Fsp3) is 0.708. The molecule has 0 amide bonds. The molecule has 3 rings (SSSR count). The molecule has 1 aliphatic carbocycles. The van der Waals surface area contributed by atoms with Gasteiger partial charge in [-0.15, -0.1) is 0 Å². The van der Waals surface area contributed by atoms with Gasteiger partial charge in [0.25, 0.3) is 0 Å². The first-order valence-electron chi connectivity index (χ1n) is 11.7. The second kappa shape index (κ2) is 11.6. The lowest BCUT2D eigenvalue weighted by Gasteiger charge is -2.35. The van der Waals surface area contributed by atoms with E-state index >= 15 is 0 Å². The molecular formula is C24H40N4O. The van der Waals surface area contributed by atoms with Gasteiger partial charge < -0.3 is 20.3 Å². The van der Waals surface area contributed by atoms with Crippen molar-refractivity contribution < 1.29 is 4.74 Å². The summed E-state index contributed by atoms with van der Waals surface area (Å²) in [5, 5.41) is 7.04. The van der Waals surface area contributed by atoms with E-state index in [0.29, 0.717) is 12.1 Å². The van der Waals surface area contributed by atoms with Crippen LogP contribution in [0.2, 0.25) is 0 Å². The Morgan fingerprint density at radius 1 is 1.21 bits per heavy atom. The van der Waals surface area contributed by atoms with Crippen LogP contribution in [0.25, 0.3) is 0 Å². The van der Waals surface area contributed by atoms with Crippen LogP contribution < -0.4 is 10.6 Å². The molecule has 0 spiro atoms. The van der Waals surface area contributed by atoms with Gasteiger partial charge in [0.1, 0.15) is 0 Å². The van der Waals surface area contributed by atoms with Crippen LogP contribution in [0.15, 0.2) is 29.3 Å². The average Bonchev–Trinajstić information content (AvgIpc) is 2.74. The lowest BCUT2D eigenvalue weighted by atomic mass is 9.89. The normalized spacial score (nSPS) is 21.2. The first-order valence-corrected chi connectivity index (χ1v) is 11.7. The molecule has 0 saturated carbocycles. The molecule has 2 aliphatic rings. The molecule has 1 aliphatic heterocycles. The third-order valence-electron chi connectivity index (χ3n) is 6.15. The van der Waals surface area contributed by atoms with Crippen LogP contribution in [0.1, 0.15) is 70.1 Å². The highest BCUT2D eigenvalue weighted by atomic mass is 16.5. The molecule has 5 nitrogen and oxygen atoms in total. The predicted molar refractivity (Wildman–Crippen MR) is 122 cm³/mol. The monoisotopic (exact) mass is 400 g/mol. The molecule has 0 bridgehead atoms. The number of nitrogens with one attached hydrogen (secondary N) is 2. The predicted octanol–water partition coefficient (Wildman–Crippen LogP) is 3.90. The number of benzene rings is 1. The molecule has 1 aromatic rings. The molecule has 0 radical (unpaired) electrons. The highest BCUT2D eigenvalue weighted by molar-refractivity contribution is 5.80. The zero-order chi connectivity index (χ0) is 20.5. The summed E-state index contributed by atoms with van der Waals surface area (Å²) in [6, 6.07) is 9.92. The van der Waals surface area contributed by atoms with Gasteiger partial charge in [-0.3, -0.25) is 4.99 Å². The molecule has 162 valence electrons. The van der Waals surface area contributed by atoms with Crippen LogP contribution in [0.5, 0.6) is 0 Å². The zero-order valence-electron chi connectivity index (χ0n) is 18.6. The maximum atomic E-state index is 6.22. The van der Waals surface area contributed by atoms with Crippen LogP contribution in [0, 0.1) is 0 Å². The van der Waals surface area contributed by atoms with Crippen molar-refractivity contribution >= 4 is 5.96 Å². The molecule has 0 aromatic heterocycles. The summed E-state index contributed by atoms with van der Waals surface area (Å²) in [5.41, 5.74) is 2.86. The Kier molecular flexibility index (Phi) is 8.81.